The summed E-state index contributed by atoms with van der Waals surface area (Å²) in [5, 5.41) is 2.39. The van der Waals surface area contributed by atoms with Crippen LogP contribution in [-0.4, -0.2) is 27.0 Å². The number of sulfone groups is 1. The Balaban J connectivity index is 3.08. The average Bonchev–Trinajstić information content (AvgIpc) is 2.31. The fourth-order valence-electron chi connectivity index (χ4n) is 1.45. The van der Waals surface area contributed by atoms with Gasteiger partial charge in [0.05, 0.1) is 16.2 Å². The number of nitrogens with one attached hydrogen (secondary N) is 1. The van der Waals surface area contributed by atoms with E-state index in [0.29, 0.717) is 0 Å². The minimum Gasteiger partial charge on any atom is -0.307 e. The van der Waals surface area contributed by atoms with E-state index in [2.05, 4.69) is 5.32 Å². The molecule has 0 radical (unpaired) electrons. The third-order valence-electron chi connectivity index (χ3n) is 2.64. The van der Waals surface area contributed by atoms with Crippen molar-refractivity contribution in [3.63, 3.8) is 0 Å². The van der Waals surface area contributed by atoms with E-state index >= 15 is 0 Å². The fourth-order valence-corrected chi connectivity index (χ4v) is 2.51. The summed E-state index contributed by atoms with van der Waals surface area (Å²) in [6.45, 7) is 3.29. The summed E-state index contributed by atoms with van der Waals surface area (Å²) in [7, 11) is -1.56. The van der Waals surface area contributed by atoms with Crippen LogP contribution in [0.1, 0.15) is 25.5 Å². The minimum absolute atomic E-state index is 0.289. The molecule has 0 heterocycles. The Labute approximate surface area is 102 Å². The maximum absolute atomic E-state index is 11.9. The van der Waals surface area contributed by atoms with Crippen molar-refractivity contribution >= 4 is 16.1 Å². The van der Waals surface area contributed by atoms with Gasteiger partial charge in [-0.15, -0.1) is 0 Å². The van der Waals surface area contributed by atoms with Crippen LogP contribution in [-0.2, 0) is 14.6 Å². The van der Waals surface area contributed by atoms with Crippen LogP contribution in [0.3, 0.4) is 0 Å². The third kappa shape index (κ3) is 2.92. The van der Waals surface area contributed by atoms with E-state index in [1.165, 1.54) is 0 Å². The van der Waals surface area contributed by atoms with Crippen molar-refractivity contribution in [2.24, 2.45) is 0 Å². The molecular formula is C12H17NO3S. The van der Waals surface area contributed by atoms with E-state index in [1.54, 1.807) is 45.2 Å². The maximum Gasteiger partial charge on any atom is 0.180 e. The van der Waals surface area contributed by atoms with Gasteiger partial charge in [0.2, 0.25) is 0 Å². The number of hydrogen-bond donors (Lipinski definition) is 1. The second-order valence-electron chi connectivity index (χ2n) is 4.07. The number of hydrogen-bond acceptors (Lipinski definition) is 4. The molecule has 0 aliphatic rings. The van der Waals surface area contributed by atoms with Gasteiger partial charge in [0, 0.05) is 0 Å². The molecule has 0 bridgehead atoms. The van der Waals surface area contributed by atoms with Crippen LogP contribution >= 0.6 is 0 Å². The van der Waals surface area contributed by atoms with Crippen LogP contribution in [0.5, 0.6) is 0 Å². The summed E-state index contributed by atoms with van der Waals surface area (Å²) in [5.74, 6) is 0. The van der Waals surface area contributed by atoms with Gasteiger partial charge in [-0.1, -0.05) is 12.1 Å². The van der Waals surface area contributed by atoms with Crippen LogP contribution in [0.2, 0.25) is 0 Å². The highest BCUT2D eigenvalue weighted by Crippen LogP contribution is 2.18. The first-order valence-electron chi connectivity index (χ1n) is 5.40. The van der Waals surface area contributed by atoms with E-state index < -0.39 is 21.1 Å². The topological polar surface area (TPSA) is 63.2 Å². The molecule has 0 amide bonds. The largest absolute Gasteiger partial charge is 0.307 e. The Hall–Kier alpha value is -1.20. The Morgan fingerprint density at radius 2 is 1.71 bits per heavy atom. The highest BCUT2D eigenvalue weighted by Gasteiger charge is 2.19. The van der Waals surface area contributed by atoms with Gasteiger partial charge in [0.1, 0.15) is 6.29 Å². The van der Waals surface area contributed by atoms with Crippen LogP contribution in [0.15, 0.2) is 29.2 Å². The standard InChI is InChI=1S/C12H17NO3S/c1-9(2)17(15,16)11-6-4-10(5-7-11)12(8-14)13-3/h4-9,12-13H,1-3H3. The second kappa shape index (κ2) is 5.42. The molecule has 0 aliphatic heterocycles. The lowest BCUT2D eigenvalue weighted by Crippen LogP contribution is -2.18. The molecule has 0 aliphatic carbocycles. The number of rotatable bonds is 5. The molecule has 5 heteroatoms. The van der Waals surface area contributed by atoms with Gasteiger partial charge < -0.3 is 10.1 Å². The predicted molar refractivity (Wildman–Crippen MR) is 66.6 cm³/mol. The van der Waals surface area contributed by atoms with Crippen molar-refractivity contribution in [2.45, 2.75) is 30.0 Å². The first kappa shape index (κ1) is 13.9. The smallest absolute Gasteiger partial charge is 0.180 e. The summed E-state index contributed by atoms with van der Waals surface area (Å²) in [4.78, 5) is 11.0. The Morgan fingerprint density at radius 3 is 2.06 bits per heavy atom. The summed E-state index contributed by atoms with van der Waals surface area (Å²) >= 11 is 0. The van der Waals surface area contributed by atoms with Crippen molar-refractivity contribution in [1.82, 2.24) is 5.32 Å². The Kier molecular flexibility index (Phi) is 4.42. The molecule has 1 N–H and O–H groups in total. The minimum atomic E-state index is -3.24. The first-order valence-corrected chi connectivity index (χ1v) is 6.94. The van der Waals surface area contributed by atoms with E-state index in [9.17, 15) is 13.2 Å². The van der Waals surface area contributed by atoms with E-state index in [1.807, 2.05) is 0 Å². The molecule has 1 rings (SSSR count). The van der Waals surface area contributed by atoms with E-state index in [4.69, 9.17) is 0 Å². The lowest BCUT2D eigenvalue weighted by molar-refractivity contribution is -0.109. The van der Waals surface area contributed by atoms with Crippen LogP contribution in [0.25, 0.3) is 0 Å². The zero-order valence-corrected chi connectivity index (χ0v) is 11.0. The van der Waals surface area contributed by atoms with Crippen molar-refractivity contribution in [2.75, 3.05) is 7.05 Å². The predicted octanol–water partition coefficient (Wildman–Crippen LogP) is 1.33. The second-order valence-corrected chi connectivity index (χ2v) is 6.57. The monoisotopic (exact) mass is 255 g/mol. The average molecular weight is 255 g/mol. The van der Waals surface area contributed by atoms with Gasteiger partial charge >= 0.3 is 0 Å². The Morgan fingerprint density at radius 1 is 1.18 bits per heavy atom. The molecule has 4 nitrogen and oxygen atoms in total. The number of aldehydes is 1. The van der Waals surface area contributed by atoms with Crippen molar-refractivity contribution in [3.8, 4) is 0 Å². The van der Waals surface area contributed by atoms with E-state index in [0.717, 1.165) is 11.8 Å². The highest BCUT2D eigenvalue weighted by molar-refractivity contribution is 7.92. The molecular weight excluding hydrogens is 238 g/mol. The molecule has 1 aromatic carbocycles. The molecule has 17 heavy (non-hydrogen) atoms. The van der Waals surface area contributed by atoms with Gasteiger partial charge in [-0.2, -0.15) is 0 Å². The molecule has 0 aromatic heterocycles. The van der Waals surface area contributed by atoms with Crippen molar-refractivity contribution in [3.05, 3.63) is 29.8 Å². The van der Waals surface area contributed by atoms with Gasteiger partial charge in [-0.3, -0.25) is 0 Å². The molecule has 1 atom stereocenters. The summed E-state index contributed by atoms with van der Waals surface area (Å²) < 4.78 is 23.7. The SMILES string of the molecule is CNC(C=O)c1ccc(S(=O)(=O)C(C)C)cc1. The maximum atomic E-state index is 11.9. The molecule has 94 valence electrons. The number of carbonyl (C=O) groups is 1. The lowest BCUT2D eigenvalue weighted by atomic mass is 10.1. The van der Waals surface area contributed by atoms with Gasteiger partial charge in [0.25, 0.3) is 0 Å². The van der Waals surface area contributed by atoms with Gasteiger partial charge in [-0.05, 0) is 38.6 Å². The van der Waals surface area contributed by atoms with Gasteiger partial charge in [0.15, 0.2) is 9.84 Å². The van der Waals surface area contributed by atoms with Crippen LogP contribution in [0.4, 0.5) is 0 Å². The molecule has 1 unspecified atom stereocenters. The summed E-state index contributed by atoms with van der Waals surface area (Å²) in [6, 6.07) is 6.00. The zero-order valence-electron chi connectivity index (χ0n) is 10.2. The molecule has 0 saturated heterocycles. The van der Waals surface area contributed by atoms with E-state index in [-0.39, 0.29) is 4.90 Å². The van der Waals surface area contributed by atoms with Crippen molar-refractivity contribution < 1.29 is 13.2 Å². The lowest BCUT2D eigenvalue weighted by Gasteiger charge is -2.11. The van der Waals surface area contributed by atoms with Crippen LogP contribution in [0, 0.1) is 0 Å². The quantitative estimate of drug-likeness (QED) is 0.806. The third-order valence-corrected chi connectivity index (χ3v) is 4.81. The summed E-state index contributed by atoms with van der Waals surface area (Å²) in [6.07, 6.45) is 0.784. The van der Waals surface area contributed by atoms with Crippen molar-refractivity contribution in [1.29, 1.82) is 0 Å². The normalized spacial score (nSPS) is 13.6. The molecule has 0 fully saturated rings. The Bertz CT molecular complexity index is 477. The molecule has 0 saturated carbocycles. The summed E-state index contributed by atoms with van der Waals surface area (Å²) in [5.41, 5.74) is 0.755. The number of benzene rings is 1. The zero-order chi connectivity index (χ0) is 13.1. The van der Waals surface area contributed by atoms with Gasteiger partial charge in [-0.25, -0.2) is 8.42 Å². The highest BCUT2D eigenvalue weighted by atomic mass is 32.2. The molecule has 1 aromatic rings. The number of likely N-dealkylation sites (N-methyl/N-ethyl adjacent to an activating group) is 1. The molecule has 0 spiro atoms. The number of carbonyl (C=O) groups excluding carboxylic acids is 1. The van der Waals surface area contributed by atoms with Crippen LogP contribution < -0.4 is 5.32 Å². The fraction of sp³-hybridized carbons (Fsp3) is 0.417. The first-order chi connectivity index (χ1) is 7.93.